The molecule has 0 saturated carbocycles. The lowest BCUT2D eigenvalue weighted by Crippen LogP contribution is -2.36. The average Bonchev–Trinajstić information content (AvgIpc) is 2.98. The number of Topliss-reactive ketones (excluding diaryl/α,β-unsaturated/α-hetero) is 1. The molecule has 1 saturated heterocycles. The molecule has 1 N–H and O–H groups in total. The van der Waals surface area contributed by atoms with Gasteiger partial charge in [0.2, 0.25) is 0 Å². The van der Waals surface area contributed by atoms with E-state index in [0.29, 0.717) is 11.6 Å². The molecule has 1 heterocycles. The van der Waals surface area contributed by atoms with Gasteiger partial charge in [0.1, 0.15) is 6.04 Å². The molecular weight excluding hydrogens is 358 g/mol. The Labute approximate surface area is 143 Å². The fourth-order valence-corrected chi connectivity index (χ4v) is 3.20. The summed E-state index contributed by atoms with van der Waals surface area (Å²) >= 11 is 3.43. The van der Waals surface area contributed by atoms with Crippen molar-refractivity contribution < 1.29 is 14.3 Å². The van der Waals surface area contributed by atoms with Gasteiger partial charge in [-0.05, 0) is 48.7 Å². The maximum absolute atomic E-state index is 12.2. The van der Waals surface area contributed by atoms with E-state index in [0.717, 1.165) is 28.1 Å². The summed E-state index contributed by atoms with van der Waals surface area (Å²) in [6, 6.07) is 11.4. The van der Waals surface area contributed by atoms with Gasteiger partial charge in [0.05, 0.1) is 0 Å². The zero-order chi connectivity index (χ0) is 16.4. The first-order valence-electron chi connectivity index (χ1n) is 7.68. The number of carbonyl (C=O) groups excluding carboxylic acids is 2. The highest BCUT2D eigenvalue weighted by atomic mass is 79.9. The SMILES string of the molecule is CC1CCC(C(=O)OCC(=O)c2ccc3cc(Br)ccc3c2)N1. The van der Waals surface area contributed by atoms with Crippen molar-refractivity contribution in [2.75, 3.05) is 6.61 Å². The Morgan fingerprint density at radius 3 is 2.65 bits per heavy atom. The second-order valence-electron chi connectivity index (χ2n) is 5.93. The van der Waals surface area contributed by atoms with E-state index < -0.39 is 0 Å². The Kier molecular flexibility index (Phi) is 4.78. The predicted octanol–water partition coefficient (Wildman–Crippen LogP) is 3.47. The summed E-state index contributed by atoms with van der Waals surface area (Å²) in [7, 11) is 0. The highest BCUT2D eigenvalue weighted by Crippen LogP contribution is 2.21. The standard InChI is InChI=1S/C18H18BrNO3/c1-11-2-7-16(20-11)18(22)23-10-17(21)14-4-3-13-9-15(19)6-5-12(13)8-14/h3-6,8-9,11,16,20H,2,7,10H2,1H3. The Balaban J connectivity index is 1.64. The van der Waals surface area contributed by atoms with Crippen LogP contribution in [-0.4, -0.2) is 30.4 Å². The zero-order valence-electron chi connectivity index (χ0n) is 12.8. The first-order valence-corrected chi connectivity index (χ1v) is 8.47. The minimum Gasteiger partial charge on any atom is -0.456 e. The van der Waals surface area contributed by atoms with E-state index in [2.05, 4.69) is 21.2 Å². The van der Waals surface area contributed by atoms with Crippen molar-refractivity contribution in [3.63, 3.8) is 0 Å². The van der Waals surface area contributed by atoms with Crippen molar-refractivity contribution in [2.45, 2.75) is 31.8 Å². The number of benzene rings is 2. The molecular formula is C18H18BrNO3. The van der Waals surface area contributed by atoms with Gasteiger partial charge in [0.25, 0.3) is 0 Å². The van der Waals surface area contributed by atoms with Crippen LogP contribution in [0.3, 0.4) is 0 Å². The largest absolute Gasteiger partial charge is 0.456 e. The molecule has 120 valence electrons. The summed E-state index contributed by atoms with van der Waals surface area (Å²) in [6.45, 7) is 1.82. The number of hydrogen-bond acceptors (Lipinski definition) is 4. The topological polar surface area (TPSA) is 55.4 Å². The molecule has 2 atom stereocenters. The number of nitrogens with one attached hydrogen (secondary N) is 1. The lowest BCUT2D eigenvalue weighted by atomic mass is 10.0. The van der Waals surface area contributed by atoms with Gasteiger partial charge in [0, 0.05) is 16.1 Å². The van der Waals surface area contributed by atoms with Gasteiger partial charge >= 0.3 is 5.97 Å². The van der Waals surface area contributed by atoms with E-state index in [9.17, 15) is 9.59 Å². The van der Waals surface area contributed by atoms with E-state index >= 15 is 0 Å². The molecule has 1 aliphatic heterocycles. The number of ether oxygens (including phenoxy) is 1. The minimum absolute atomic E-state index is 0.186. The molecule has 4 nitrogen and oxygen atoms in total. The smallest absolute Gasteiger partial charge is 0.323 e. The number of hydrogen-bond donors (Lipinski definition) is 1. The first-order chi connectivity index (χ1) is 11.0. The van der Waals surface area contributed by atoms with E-state index in [4.69, 9.17) is 4.74 Å². The molecule has 2 unspecified atom stereocenters. The fraction of sp³-hybridized carbons (Fsp3) is 0.333. The second kappa shape index (κ2) is 6.81. The van der Waals surface area contributed by atoms with Gasteiger partial charge in [-0.2, -0.15) is 0 Å². The highest BCUT2D eigenvalue weighted by Gasteiger charge is 2.28. The second-order valence-corrected chi connectivity index (χ2v) is 6.85. The molecule has 0 aromatic heterocycles. The molecule has 1 aliphatic rings. The lowest BCUT2D eigenvalue weighted by molar-refractivity contribution is -0.144. The van der Waals surface area contributed by atoms with Crippen LogP contribution in [0.1, 0.15) is 30.1 Å². The van der Waals surface area contributed by atoms with Crippen LogP contribution < -0.4 is 5.32 Å². The van der Waals surface area contributed by atoms with Crippen molar-refractivity contribution in [1.29, 1.82) is 0 Å². The summed E-state index contributed by atoms with van der Waals surface area (Å²) in [5.74, 6) is -0.526. The van der Waals surface area contributed by atoms with Crippen molar-refractivity contribution in [3.8, 4) is 0 Å². The molecule has 5 heteroatoms. The van der Waals surface area contributed by atoms with Crippen LogP contribution in [0, 0.1) is 0 Å². The number of halogens is 1. The van der Waals surface area contributed by atoms with Crippen LogP contribution >= 0.6 is 15.9 Å². The Hall–Kier alpha value is -1.72. The van der Waals surface area contributed by atoms with E-state index in [1.807, 2.05) is 37.3 Å². The summed E-state index contributed by atoms with van der Waals surface area (Å²) in [4.78, 5) is 24.2. The normalized spacial score (nSPS) is 20.6. The molecule has 0 radical (unpaired) electrons. The number of fused-ring (bicyclic) bond motifs is 1. The van der Waals surface area contributed by atoms with Gasteiger partial charge in [0.15, 0.2) is 12.4 Å². The number of ketones is 1. The summed E-state index contributed by atoms with van der Waals surface area (Å²) in [5, 5.41) is 5.19. The van der Waals surface area contributed by atoms with E-state index in [-0.39, 0.29) is 24.4 Å². The molecule has 2 aromatic carbocycles. The summed E-state index contributed by atoms with van der Waals surface area (Å²) in [5.41, 5.74) is 0.556. The lowest BCUT2D eigenvalue weighted by Gasteiger charge is -2.11. The fourth-order valence-electron chi connectivity index (χ4n) is 2.82. The van der Waals surface area contributed by atoms with Gasteiger partial charge in [-0.15, -0.1) is 0 Å². The third-order valence-corrected chi connectivity index (χ3v) is 4.62. The minimum atomic E-state index is -0.340. The van der Waals surface area contributed by atoms with Gasteiger partial charge in [-0.3, -0.25) is 9.59 Å². The Bertz CT molecular complexity index is 759. The van der Waals surface area contributed by atoms with Gasteiger partial charge in [-0.1, -0.05) is 34.1 Å². The Morgan fingerprint density at radius 2 is 1.91 bits per heavy atom. The summed E-state index contributed by atoms with van der Waals surface area (Å²) < 4.78 is 6.16. The molecule has 2 aromatic rings. The first kappa shape index (κ1) is 16.1. The molecule has 23 heavy (non-hydrogen) atoms. The van der Waals surface area contributed by atoms with Crippen LogP contribution in [0.5, 0.6) is 0 Å². The quantitative estimate of drug-likeness (QED) is 0.656. The third-order valence-electron chi connectivity index (χ3n) is 4.13. The molecule has 0 aliphatic carbocycles. The van der Waals surface area contributed by atoms with Crippen LogP contribution in [0.15, 0.2) is 40.9 Å². The van der Waals surface area contributed by atoms with E-state index in [1.54, 1.807) is 6.07 Å². The van der Waals surface area contributed by atoms with E-state index in [1.165, 1.54) is 0 Å². The van der Waals surface area contributed by atoms with Gasteiger partial charge < -0.3 is 10.1 Å². The molecule has 0 bridgehead atoms. The van der Waals surface area contributed by atoms with Crippen LogP contribution in [0.4, 0.5) is 0 Å². The molecule has 3 rings (SSSR count). The Morgan fingerprint density at radius 1 is 1.17 bits per heavy atom. The third kappa shape index (κ3) is 3.79. The van der Waals surface area contributed by atoms with Crippen LogP contribution in [0.2, 0.25) is 0 Å². The zero-order valence-corrected chi connectivity index (χ0v) is 14.4. The highest BCUT2D eigenvalue weighted by molar-refractivity contribution is 9.10. The van der Waals surface area contributed by atoms with Crippen LogP contribution in [-0.2, 0) is 9.53 Å². The van der Waals surface area contributed by atoms with Crippen molar-refractivity contribution in [2.24, 2.45) is 0 Å². The van der Waals surface area contributed by atoms with Crippen molar-refractivity contribution in [1.82, 2.24) is 5.32 Å². The maximum atomic E-state index is 12.2. The number of rotatable bonds is 4. The number of esters is 1. The van der Waals surface area contributed by atoms with Crippen molar-refractivity contribution >= 4 is 38.5 Å². The average molecular weight is 376 g/mol. The number of carbonyl (C=O) groups is 2. The van der Waals surface area contributed by atoms with Crippen LogP contribution in [0.25, 0.3) is 10.8 Å². The predicted molar refractivity (Wildman–Crippen MR) is 92.6 cm³/mol. The molecule has 1 fully saturated rings. The van der Waals surface area contributed by atoms with Gasteiger partial charge in [-0.25, -0.2) is 0 Å². The maximum Gasteiger partial charge on any atom is 0.323 e. The monoisotopic (exact) mass is 375 g/mol. The summed E-state index contributed by atoms with van der Waals surface area (Å²) in [6.07, 6.45) is 1.72. The molecule has 0 amide bonds. The van der Waals surface area contributed by atoms with Crippen molar-refractivity contribution in [3.05, 3.63) is 46.4 Å². The molecule has 0 spiro atoms.